The van der Waals surface area contributed by atoms with E-state index < -0.39 is 0 Å². The van der Waals surface area contributed by atoms with Crippen LogP contribution in [-0.2, 0) is 4.74 Å². The maximum Gasteiger partial charge on any atom is 0.0697 e. The maximum atomic E-state index is 5.99. The molecule has 1 spiro atoms. The number of ether oxygens (including phenoxy) is 1. The Balaban J connectivity index is 1.63. The van der Waals surface area contributed by atoms with Crippen LogP contribution >= 0.6 is 15.9 Å². The fourth-order valence-electron chi connectivity index (χ4n) is 3.36. The third-order valence-corrected chi connectivity index (χ3v) is 5.34. The van der Waals surface area contributed by atoms with Gasteiger partial charge in [-0.15, -0.1) is 0 Å². The fourth-order valence-corrected chi connectivity index (χ4v) is 3.99. The Kier molecular flexibility index (Phi) is 3.97. The van der Waals surface area contributed by atoms with E-state index in [1.54, 1.807) is 0 Å². The van der Waals surface area contributed by atoms with Crippen molar-refractivity contribution in [2.75, 3.05) is 6.61 Å². The van der Waals surface area contributed by atoms with Gasteiger partial charge >= 0.3 is 0 Å². The Hall–Kier alpha value is -0.380. The third-order valence-electron chi connectivity index (χ3n) is 4.62. The van der Waals surface area contributed by atoms with E-state index in [2.05, 4.69) is 52.4 Å². The third kappa shape index (κ3) is 2.88. The van der Waals surface area contributed by atoms with Gasteiger partial charge in [0.05, 0.1) is 5.60 Å². The van der Waals surface area contributed by atoms with Crippen LogP contribution < -0.4 is 5.32 Å². The molecule has 2 nitrogen and oxygen atoms in total. The molecule has 19 heavy (non-hydrogen) atoms. The summed E-state index contributed by atoms with van der Waals surface area (Å²) in [5.41, 5.74) is 1.57. The molecule has 3 heteroatoms. The van der Waals surface area contributed by atoms with Gasteiger partial charge in [-0.25, -0.2) is 0 Å². The normalized spacial score (nSPS) is 26.9. The number of halogens is 1. The highest BCUT2D eigenvalue weighted by molar-refractivity contribution is 9.10. The zero-order valence-corrected chi connectivity index (χ0v) is 13.1. The van der Waals surface area contributed by atoms with Crippen molar-refractivity contribution in [1.29, 1.82) is 0 Å². The van der Waals surface area contributed by atoms with Crippen LogP contribution in [0, 0.1) is 0 Å². The molecule has 0 aromatic heterocycles. The number of nitrogens with one attached hydrogen (secondary N) is 1. The highest BCUT2D eigenvalue weighted by atomic mass is 79.9. The lowest BCUT2D eigenvalue weighted by Gasteiger charge is -2.47. The molecule has 0 bridgehead atoms. The van der Waals surface area contributed by atoms with Crippen LogP contribution in [0.15, 0.2) is 28.7 Å². The summed E-state index contributed by atoms with van der Waals surface area (Å²) in [4.78, 5) is 0. The van der Waals surface area contributed by atoms with Crippen molar-refractivity contribution >= 4 is 15.9 Å². The standard InChI is InChI=1S/C16H22BrNO/c1-12(14-5-2-3-6-15(14)17)18-13-7-10-19-16(11-13)8-4-9-16/h2-3,5-6,12-13,18H,4,7-11H2,1H3/t12-,13?/m1/s1. The molecule has 1 aliphatic carbocycles. The predicted octanol–water partition coefficient (Wildman–Crippen LogP) is 4.20. The highest BCUT2D eigenvalue weighted by Gasteiger charge is 2.42. The SMILES string of the molecule is C[C@@H](NC1CCOC2(CCC2)C1)c1ccccc1Br. The minimum absolute atomic E-state index is 0.226. The summed E-state index contributed by atoms with van der Waals surface area (Å²) < 4.78 is 7.19. The Morgan fingerprint density at radius 3 is 2.84 bits per heavy atom. The first kappa shape index (κ1) is 13.6. The topological polar surface area (TPSA) is 21.3 Å². The van der Waals surface area contributed by atoms with Crippen molar-refractivity contribution in [1.82, 2.24) is 5.32 Å². The monoisotopic (exact) mass is 323 g/mol. The maximum absolute atomic E-state index is 5.99. The van der Waals surface area contributed by atoms with Gasteiger partial charge in [0.15, 0.2) is 0 Å². The van der Waals surface area contributed by atoms with Crippen LogP contribution in [0.4, 0.5) is 0 Å². The van der Waals surface area contributed by atoms with E-state index in [0.717, 1.165) is 13.0 Å². The van der Waals surface area contributed by atoms with E-state index in [0.29, 0.717) is 12.1 Å². The molecule has 1 saturated heterocycles. The fraction of sp³-hybridized carbons (Fsp3) is 0.625. The first-order valence-corrected chi connectivity index (χ1v) is 8.12. The van der Waals surface area contributed by atoms with Crippen molar-refractivity contribution < 1.29 is 4.74 Å². The summed E-state index contributed by atoms with van der Waals surface area (Å²) in [6, 6.07) is 9.46. The minimum Gasteiger partial charge on any atom is -0.375 e. The summed E-state index contributed by atoms with van der Waals surface area (Å²) in [5.74, 6) is 0. The van der Waals surface area contributed by atoms with Gasteiger partial charge in [0.1, 0.15) is 0 Å². The predicted molar refractivity (Wildman–Crippen MR) is 81.2 cm³/mol. The summed E-state index contributed by atoms with van der Waals surface area (Å²) in [7, 11) is 0. The Morgan fingerprint density at radius 1 is 1.37 bits per heavy atom. The highest BCUT2D eigenvalue weighted by Crippen LogP contribution is 2.42. The first-order valence-electron chi connectivity index (χ1n) is 7.33. The van der Waals surface area contributed by atoms with Crippen LogP contribution in [0.3, 0.4) is 0 Å². The molecule has 104 valence electrons. The first-order chi connectivity index (χ1) is 9.19. The van der Waals surface area contributed by atoms with Gasteiger partial charge in [-0.1, -0.05) is 34.1 Å². The molecule has 2 fully saturated rings. The summed E-state index contributed by atoms with van der Waals surface area (Å²) >= 11 is 3.64. The van der Waals surface area contributed by atoms with E-state index in [9.17, 15) is 0 Å². The number of rotatable bonds is 3. The van der Waals surface area contributed by atoms with Crippen LogP contribution in [0.1, 0.15) is 50.6 Å². The van der Waals surface area contributed by atoms with Gasteiger partial charge < -0.3 is 10.1 Å². The quantitative estimate of drug-likeness (QED) is 0.900. The molecular formula is C16H22BrNO. The molecule has 1 heterocycles. The van der Waals surface area contributed by atoms with E-state index in [4.69, 9.17) is 4.74 Å². The van der Waals surface area contributed by atoms with Crippen molar-refractivity contribution in [3.8, 4) is 0 Å². The van der Waals surface area contributed by atoms with Gasteiger partial charge in [-0.05, 0) is 50.7 Å². The van der Waals surface area contributed by atoms with Gasteiger partial charge in [-0.3, -0.25) is 0 Å². The second-order valence-corrected chi connectivity index (χ2v) is 6.84. The molecule has 2 atom stereocenters. The molecule has 0 radical (unpaired) electrons. The van der Waals surface area contributed by atoms with Crippen LogP contribution in [0.25, 0.3) is 0 Å². The lowest BCUT2D eigenvalue weighted by atomic mass is 9.74. The van der Waals surface area contributed by atoms with Crippen molar-refractivity contribution in [3.63, 3.8) is 0 Å². The zero-order chi connectivity index (χ0) is 13.3. The van der Waals surface area contributed by atoms with Gasteiger partial charge in [-0.2, -0.15) is 0 Å². The largest absolute Gasteiger partial charge is 0.375 e. The average molecular weight is 324 g/mol. The second kappa shape index (κ2) is 5.55. The zero-order valence-electron chi connectivity index (χ0n) is 11.5. The molecule has 1 aromatic carbocycles. The molecule has 1 aromatic rings. The second-order valence-electron chi connectivity index (χ2n) is 5.98. The van der Waals surface area contributed by atoms with Crippen molar-refractivity contribution in [2.45, 2.75) is 56.7 Å². The van der Waals surface area contributed by atoms with Crippen LogP contribution in [0.5, 0.6) is 0 Å². The van der Waals surface area contributed by atoms with E-state index in [1.165, 1.54) is 35.7 Å². The molecule has 0 amide bonds. The van der Waals surface area contributed by atoms with Crippen LogP contribution in [0.2, 0.25) is 0 Å². The van der Waals surface area contributed by atoms with Crippen molar-refractivity contribution in [2.24, 2.45) is 0 Å². The van der Waals surface area contributed by atoms with E-state index in [-0.39, 0.29) is 5.60 Å². The molecule has 3 rings (SSSR count). The molecule has 1 saturated carbocycles. The summed E-state index contributed by atoms with van der Waals surface area (Å²) in [5, 5.41) is 3.79. The Morgan fingerprint density at radius 2 is 2.16 bits per heavy atom. The molecule has 1 N–H and O–H groups in total. The summed E-state index contributed by atoms with van der Waals surface area (Å²) in [6.07, 6.45) is 6.17. The van der Waals surface area contributed by atoms with Gasteiger partial charge in [0, 0.05) is 23.2 Å². The number of hydrogen-bond donors (Lipinski definition) is 1. The smallest absolute Gasteiger partial charge is 0.0697 e. The molecule has 2 aliphatic rings. The van der Waals surface area contributed by atoms with E-state index >= 15 is 0 Å². The molecule has 1 aliphatic heterocycles. The molecule has 1 unspecified atom stereocenters. The average Bonchev–Trinajstić information content (AvgIpc) is 2.37. The minimum atomic E-state index is 0.226. The van der Waals surface area contributed by atoms with Crippen LogP contribution in [-0.4, -0.2) is 18.2 Å². The Labute approximate surface area is 124 Å². The van der Waals surface area contributed by atoms with E-state index in [1.807, 2.05) is 0 Å². The van der Waals surface area contributed by atoms with Gasteiger partial charge in [0.25, 0.3) is 0 Å². The van der Waals surface area contributed by atoms with Crippen molar-refractivity contribution in [3.05, 3.63) is 34.3 Å². The molecular weight excluding hydrogens is 302 g/mol. The van der Waals surface area contributed by atoms with Gasteiger partial charge in [0.2, 0.25) is 0 Å². The Bertz CT molecular complexity index is 444. The lowest BCUT2D eigenvalue weighted by Crippen LogP contribution is -2.51. The lowest BCUT2D eigenvalue weighted by molar-refractivity contribution is -0.136. The number of hydrogen-bond acceptors (Lipinski definition) is 2. The summed E-state index contributed by atoms with van der Waals surface area (Å²) in [6.45, 7) is 3.17. The number of benzene rings is 1.